The molecule has 0 bridgehead atoms. The Hall–Kier alpha value is -3.41. The van der Waals surface area contributed by atoms with Crippen LogP contribution in [0, 0.1) is 20.8 Å². The molecule has 0 fully saturated rings. The molecule has 2 aromatic heterocycles. The Balaban J connectivity index is 1.64. The Morgan fingerprint density at radius 2 is 1.85 bits per heavy atom. The lowest BCUT2D eigenvalue weighted by atomic mass is 10.1. The van der Waals surface area contributed by atoms with Crippen molar-refractivity contribution < 1.29 is 4.52 Å². The highest BCUT2D eigenvalue weighted by Crippen LogP contribution is 2.27. The lowest BCUT2D eigenvalue weighted by Crippen LogP contribution is -2.03. The summed E-state index contributed by atoms with van der Waals surface area (Å²) in [5.41, 5.74) is 12.7. The van der Waals surface area contributed by atoms with E-state index in [2.05, 4.69) is 40.4 Å². The topological polar surface area (TPSA) is 82.8 Å². The number of nitrogens with two attached hydrogens (primary N) is 1. The molecule has 27 heavy (non-hydrogen) atoms. The van der Waals surface area contributed by atoms with Gasteiger partial charge in [0.2, 0.25) is 5.82 Å². The van der Waals surface area contributed by atoms with Crippen molar-refractivity contribution in [3.05, 3.63) is 71.0 Å². The summed E-state index contributed by atoms with van der Waals surface area (Å²) in [5, 5.41) is 8.66. The van der Waals surface area contributed by atoms with Crippen LogP contribution in [-0.2, 0) is 6.54 Å². The molecule has 136 valence electrons. The van der Waals surface area contributed by atoms with Crippen molar-refractivity contribution in [3.63, 3.8) is 0 Å². The van der Waals surface area contributed by atoms with Crippen LogP contribution in [-0.4, -0.2) is 19.9 Å². The van der Waals surface area contributed by atoms with Crippen LogP contribution in [0.5, 0.6) is 0 Å². The second-order valence-electron chi connectivity index (χ2n) is 6.73. The van der Waals surface area contributed by atoms with Gasteiger partial charge in [-0.05, 0) is 56.2 Å². The van der Waals surface area contributed by atoms with Crippen molar-refractivity contribution in [2.75, 3.05) is 5.73 Å². The summed E-state index contributed by atoms with van der Waals surface area (Å²) in [4.78, 5) is 4.57. The fraction of sp³-hybridized carbons (Fsp3) is 0.190. The molecule has 2 aromatic carbocycles. The van der Waals surface area contributed by atoms with Crippen LogP contribution in [0.3, 0.4) is 0 Å². The number of nitrogens with zero attached hydrogens (tertiary/aromatic N) is 4. The van der Waals surface area contributed by atoms with Gasteiger partial charge in [0.1, 0.15) is 0 Å². The maximum atomic E-state index is 5.99. The monoisotopic (exact) mass is 359 g/mol. The number of anilines is 1. The first-order valence-electron chi connectivity index (χ1n) is 8.81. The minimum Gasteiger partial charge on any atom is -0.398 e. The molecule has 0 radical (unpaired) electrons. The van der Waals surface area contributed by atoms with Crippen LogP contribution < -0.4 is 5.73 Å². The first-order chi connectivity index (χ1) is 13.0. The number of hydrogen-bond donors (Lipinski definition) is 1. The molecule has 4 aromatic rings. The maximum Gasteiger partial charge on any atom is 0.258 e. The highest BCUT2D eigenvalue weighted by molar-refractivity contribution is 5.68. The van der Waals surface area contributed by atoms with Gasteiger partial charge >= 0.3 is 0 Å². The molecule has 0 spiro atoms. The Morgan fingerprint density at radius 3 is 2.63 bits per heavy atom. The molecule has 6 nitrogen and oxygen atoms in total. The Labute approximate surface area is 157 Å². The minimum absolute atomic E-state index is 0.488. The summed E-state index contributed by atoms with van der Waals surface area (Å²) >= 11 is 0. The van der Waals surface area contributed by atoms with Gasteiger partial charge in [0.15, 0.2) is 0 Å². The highest BCUT2D eigenvalue weighted by Gasteiger charge is 2.14. The highest BCUT2D eigenvalue weighted by atomic mass is 16.5. The Morgan fingerprint density at radius 1 is 1.04 bits per heavy atom. The molecule has 0 amide bonds. The summed E-state index contributed by atoms with van der Waals surface area (Å²) in [6.45, 7) is 6.71. The zero-order chi connectivity index (χ0) is 19.0. The third kappa shape index (κ3) is 3.33. The van der Waals surface area contributed by atoms with E-state index < -0.39 is 0 Å². The van der Waals surface area contributed by atoms with Crippen LogP contribution in [0.15, 0.2) is 53.1 Å². The standard InChI is InChI=1S/C21H21N5O/c1-13-10-14(2)26(24-13)12-16-6-4-7-17(11-16)21-23-20(25-27-21)18-8-5-9-19(22)15(18)3/h4-11H,12,22H2,1-3H3. The molecule has 0 aliphatic rings. The number of nitrogen functional groups attached to an aromatic ring is 1. The van der Waals surface area contributed by atoms with Gasteiger partial charge in [0.05, 0.1) is 12.2 Å². The second kappa shape index (κ2) is 6.72. The molecule has 6 heteroatoms. The van der Waals surface area contributed by atoms with E-state index in [1.807, 2.05) is 48.9 Å². The smallest absolute Gasteiger partial charge is 0.258 e. The Bertz CT molecular complexity index is 1110. The van der Waals surface area contributed by atoms with Crippen LogP contribution in [0.25, 0.3) is 22.8 Å². The van der Waals surface area contributed by atoms with Crippen molar-refractivity contribution in [2.45, 2.75) is 27.3 Å². The molecule has 0 unspecified atom stereocenters. The van der Waals surface area contributed by atoms with E-state index in [-0.39, 0.29) is 0 Å². The molecule has 2 heterocycles. The van der Waals surface area contributed by atoms with Crippen LogP contribution in [0.4, 0.5) is 5.69 Å². The largest absolute Gasteiger partial charge is 0.398 e. The summed E-state index contributed by atoms with van der Waals surface area (Å²) in [7, 11) is 0. The first-order valence-corrected chi connectivity index (χ1v) is 8.81. The zero-order valence-corrected chi connectivity index (χ0v) is 15.6. The van der Waals surface area contributed by atoms with Gasteiger partial charge in [-0.25, -0.2) is 0 Å². The number of benzene rings is 2. The summed E-state index contributed by atoms with van der Waals surface area (Å²) in [6, 6.07) is 15.9. The lowest BCUT2D eigenvalue weighted by Gasteiger charge is -2.05. The molecule has 0 saturated heterocycles. The predicted molar refractivity (Wildman–Crippen MR) is 105 cm³/mol. The number of rotatable bonds is 4. The van der Waals surface area contributed by atoms with Crippen molar-refractivity contribution in [2.24, 2.45) is 0 Å². The van der Waals surface area contributed by atoms with Crippen LogP contribution in [0.2, 0.25) is 0 Å². The quantitative estimate of drug-likeness (QED) is 0.553. The molecule has 4 rings (SSSR count). The van der Waals surface area contributed by atoms with E-state index >= 15 is 0 Å². The SMILES string of the molecule is Cc1cc(C)n(Cc2cccc(-c3nc(-c4cccc(N)c4C)no3)c2)n1. The Kier molecular flexibility index (Phi) is 4.24. The summed E-state index contributed by atoms with van der Waals surface area (Å²) in [5.74, 6) is 1.03. The third-order valence-electron chi connectivity index (χ3n) is 4.65. The van der Waals surface area contributed by atoms with Crippen LogP contribution >= 0.6 is 0 Å². The number of hydrogen-bond acceptors (Lipinski definition) is 5. The van der Waals surface area contributed by atoms with E-state index in [1.165, 1.54) is 0 Å². The van der Waals surface area contributed by atoms with E-state index in [9.17, 15) is 0 Å². The minimum atomic E-state index is 0.488. The van der Waals surface area contributed by atoms with Gasteiger partial charge < -0.3 is 10.3 Å². The number of aryl methyl sites for hydroxylation is 2. The van der Waals surface area contributed by atoms with Crippen molar-refractivity contribution in [3.8, 4) is 22.8 Å². The molecule has 0 aliphatic carbocycles. The van der Waals surface area contributed by atoms with Gasteiger partial charge in [-0.15, -0.1) is 0 Å². The average molecular weight is 359 g/mol. The average Bonchev–Trinajstić information content (AvgIpc) is 3.25. The predicted octanol–water partition coefficient (Wildman–Crippen LogP) is 4.16. The van der Waals surface area contributed by atoms with Gasteiger partial charge in [0.25, 0.3) is 5.89 Å². The van der Waals surface area contributed by atoms with Crippen molar-refractivity contribution in [1.82, 2.24) is 19.9 Å². The lowest BCUT2D eigenvalue weighted by molar-refractivity contribution is 0.432. The van der Waals surface area contributed by atoms with Gasteiger partial charge in [-0.1, -0.05) is 29.4 Å². The molecule has 2 N–H and O–H groups in total. The molecular weight excluding hydrogens is 338 g/mol. The summed E-state index contributed by atoms with van der Waals surface area (Å²) in [6.07, 6.45) is 0. The third-order valence-corrected chi connectivity index (χ3v) is 4.65. The van der Waals surface area contributed by atoms with E-state index in [0.717, 1.165) is 33.6 Å². The van der Waals surface area contributed by atoms with E-state index in [4.69, 9.17) is 10.3 Å². The van der Waals surface area contributed by atoms with Gasteiger partial charge in [-0.3, -0.25) is 4.68 Å². The van der Waals surface area contributed by atoms with E-state index in [1.54, 1.807) is 0 Å². The number of aromatic nitrogens is 4. The zero-order valence-electron chi connectivity index (χ0n) is 15.6. The second-order valence-corrected chi connectivity index (χ2v) is 6.73. The van der Waals surface area contributed by atoms with Gasteiger partial charge in [-0.2, -0.15) is 10.1 Å². The van der Waals surface area contributed by atoms with E-state index in [0.29, 0.717) is 23.9 Å². The van der Waals surface area contributed by atoms with Crippen molar-refractivity contribution in [1.29, 1.82) is 0 Å². The molecular formula is C21H21N5O. The van der Waals surface area contributed by atoms with Crippen LogP contribution in [0.1, 0.15) is 22.5 Å². The molecule has 0 atom stereocenters. The normalized spacial score (nSPS) is 11.1. The first kappa shape index (κ1) is 17.0. The van der Waals surface area contributed by atoms with Gasteiger partial charge in [0, 0.05) is 22.5 Å². The molecule has 0 saturated carbocycles. The fourth-order valence-electron chi connectivity index (χ4n) is 3.16. The molecule has 0 aliphatic heterocycles. The maximum absolute atomic E-state index is 5.99. The fourth-order valence-corrected chi connectivity index (χ4v) is 3.16. The summed E-state index contributed by atoms with van der Waals surface area (Å²) < 4.78 is 7.50. The van der Waals surface area contributed by atoms with Crippen molar-refractivity contribution >= 4 is 5.69 Å².